The molecule has 0 aliphatic carbocycles. The van der Waals surface area contributed by atoms with Gasteiger partial charge < -0.3 is 4.79 Å². The van der Waals surface area contributed by atoms with Crippen LogP contribution >= 0.6 is 22.2 Å². The molecule has 0 saturated carbocycles. The highest BCUT2D eigenvalue weighted by molar-refractivity contribution is 7.58. The van der Waals surface area contributed by atoms with Crippen molar-refractivity contribution >= 4 is 34.3 Å². The maximum atomic E-state index is 10.7. The van der Waals surface area contributed by atoms with E-state index in [1.807, 2.05) is 0 Å². The Balaban J connectivity index is 2.68. The van der Waals surface area contributed by atoms with E-state index in [2.05, 4.69) is 0 Å². The molecule has 1 saturated heterocycles. The van der Waals surface area contributed by atoms with Gasteiger partial charge in [-0.15, -0.1) is 22.2 Å². The van der Waals surface area contributed by atoms with Crippen molar-refractivity contribution in [3.63, 3.8) is 0 Å². The lowest BCUT2D eigenvalue weighted by Gasteiger charge is -2.01. The molecule has 0 unspecified atom stereocenters. The van der Waals surface area contributed by atoms with Crippen LogP contribution in [0.2, 0.25) is 6.04 Å². The van der Waals surface area contributed by atoms with E-state index in [1.54, 1.807) is 0 Å². The van der Waals surface area contributed by atoms with Gasteiger partial charge in [0.2, 0.25) is 0 Å². The quantitative estimate of drug-likeness (QED) is 0.399. The Bertz CT molecular complexity index is 123. The van der Waals surface area contributed by atoms with Crippen LogP contribution in [0.4, 0.5) is 0 Å². The highest BCUT2D eigenvalue weighted by Gasteiger charge is 2.41. The van der Waals surface area contributed by atoms with Crippen molar-refractivity contribution in [1.82, 2.24) is 0 Å². The predicted molar refractivity (Wildman–Crippen MR) is 36.5 cm³/mol. The molecule has 0 aromatic heterocycles. The Morgan fingerprint density at radius 1 is 1.50 bits per heavy atom. The van der Waals surface area contributed by atoms with Crippen LogP contribution in [0.25, 0.3) is 0 Å². The minimum atomic E-state index is -2.34. The zero-order valence-corrected chi connectivity index (χ0v) is 6.80. The predicted octanol–water partition coefficient (Wildman–Crippen LogP) is 1.81. The Morgan fingerprint density at radius 2 is 2.12 bits per heavy atom. The van der Waals surface area contributed by atoms with Gasteiger partial charge >= 0.3 is 6.69 Å². The van der Waals surface area contributed by atoms with Crippen molar-refractivity contribution in [3.05, 3.63) is 0 Å². The topological polar surface area (TPSA) is 17.1 Å². The molecule has 8 heavy (non-hydrogen) atoms. The molecule has 1 rings (SSSR count). The van der Waals surface area contributed by atoms with E-state index in [0.29, 0.717) is 6.42 Å². The zero-order valence-electron chi connectivity index (χ0n) is 4.29. The lowest BCUT2D eigenvalue weighted by atomic mass is 10.4. The first-order valence-corrected chi connectivity index (χ1v) is 6.77. The first-order chi connectivity index (χ1) is 3.63. The number of hydrogen-bond donors (Lipinski definition) is 0. The molecule has 4 heteroatoms. The molecule has 0 aromatic rings. The third kappa shape index (κ3) is 1.07. The van der Waals surface area contributed by atoms with E-state index in [1.165, 1.54) is 0 Å². The van der Waals surface area contributed by atoms with Crippen LogP contribution in [0.3, 0.4) is 0 Å². The second-order valence-electron chi connectivity index (χ2n) is 1.98. The van der Waals surface area contributed by atoms with E-state index in [4.69, 9.17) is 22.2 Å². The van der Waals surface area contributed by atoms with Crippen LogP contribution in [0.15, 0.2) is 0 Å². The van der Waals surface area contributed by atoms with E-state index in [-0.39, 0.29) is 5.41 Å². The Hall–Kier alpha value is 0.467. The summed E-state index contributed by atoms with van der Waals surface area (Å²) in [5, 5.41) is 0.112. The summed E-state index contributed by atoms with van der Waals surface area (Å²) in [7, 11) is 0. The van der Waals surface area contributed by atoms with E-state index < -0.39 is 6.69 Å². The normalized spacial score (nSPS) is 26.5. The molecule has 0 bridgehead atoms. The Kier molecular flexibility index (Phi) is 1.65. The minimum Gasteiger partial charge on any atom is -0.302 e. The van der Waals surface area contributed by atoms with Gasteiger partial charge in [0.25, 0.3) is 0 Å². The van der Waals surface area contributed by atoms with Crippen molar-refractivity contribution in [2.24, 2.45) is 0 Å². The van der Waals surface area contributed by atoms with Crippen molar-refractivity contribution < 1.29 is 4.79 Å². The fourth-order valence-corrected chi connectivity index (χ4v) is 3.60. The molecule has 46 valence electrons. The highest BCUT2D eigenvalue weighted by atomic mass is 35.7. The standard InChI is InChI=1S/C4H6Cl2OSi/c5-8(6)3-1-2-4(8)7/h1-3H2. The largest absolute Gasteiger partial charge is 0.319 e. The minimum absolute atomic E-state index is 0.112. The van der Waals surface area contributed by atoms with Gasteiger partial charge in [-0.25, -0.2) is 0 Å². The van der Waals surface area contributed by atoms with Gasteiger partial charge in [-0.3, -0.25) is 0 Å². The second-order valence-corrected chi connectivity index (χ2v) is 8.90. The summed E-state index contributed by atoms with van der Waals surface area (Å²) in [6.07, 6.45) is 1.51. The molecule has 1 aliphatic heterocycles. The lowest BCUT2D eigenvalue weighted by molar-refractivity contribution is -0.111. The second kappa shape index (κ2) is 2.01. The third-order valence-electron chi connectivity index (χ3n) is 1.30. The summed E-state index contributed by atoms with van der Waals surface area (Å²) < 4.78 is 0. The maximum Gasteiger partial charge on any atom is 0.319 e. The monoisotopic (exact) mass is 168 g/mol. The zero-order chi connectivity index (χ0) is 6.20. The summed E-state index contributed by atoms with van der Waals surface area (Å²) in [5.41, 5.74) is 0. The van der Waals surface area contributed by atoms with Crippen molar-refractivity contribution in [2.45, 2.75) is 18.9 Å². The fraction of sp³-hybridized carbons (Fsp3) is 0.750. The number of carbonyl (C=O) groups excluding carboxylic acids is 1. The molecule has 0 N–H and O–H groups in total. The number of hydrogen-bond acceptors (Lipinski definition) is 1. The van der Waals surface area contributed by atoms with Gasteiger partial charge in [0.15, 0.2) is 0 Å². The number of rotatable bonds is 0. The molecular formula is C4H6Cl2OSi. The smallest absolute Gasteiger partial charge is 0.302 e. The molecule has 0 spiro atoms. The fourth-order valence-electron chi connectivity index (χ4n) is 0.793. The average Bonchev–Trinajstić information content (AvgIpc) is 1.86. The van der Waals surface area contributed by atoms with Crippen LogP contribution in [-0.4, -0.2) is 12.1 Å². The molecule has 0 aromatic carbocycles. The lowest BCUT2D eigenvalue weighted by Crippen LogP contribution is -2.24. The average molecular weight is 169 g/mol. The van der Waals surface area contributed by atoms with Gasteiger partial charge in [-0.05, 0) is 12.5 Å². The molecule has 0 radical (unpaired) electrons. The summed E-state index contributed by atoms with van der Waals surface area (Å²) >= 11 is 11.3. The summed E-state index contributed by atoms with van der Waals surface area (Å²) in [5.74, 6) is 0. The van der Waals surface area contributed by atoms with Crippen LogP contribution in [0, 0.1) is 0 Å². The SMILES string of the molecule is O=C1CCC[Si]1(Cl)Cl. The highest BCUT2D eigenvalue weighted by Crippen LogP contribution is 2.31. The van der Waals surface area contributed by atoms with Crippen molar-refractivity contribution in [2.75, 3.05) is 0 Å². The molecule has 0 amide bonds. The molecule has 1 fully saturated rings. The molecular weight excluding hydrogens is 163 g/mol. The van der Waals surface area contributed by atoms with Gasteiger partial charge in [0.1, 0.15) is 5.41 Å². The van der Waals surface area contributed by atoms with Gasteiger partial charge in [0.05, 0.1) is 0 Å². The third-order valence-corrected chi connectivity index (χ3v) is 5.75. The molecule has 1 heterocycles. The maximum absolute atomic E-state index is 10.7. The van der Waals surface area contributed by atoms with Gasteiger partial charge in [-0.2, -0.15) is 0 Å². The molecule has 1 aliphatic rings. The van der Waals surface area contributed by atoms with E-state index in [0.717, 1.165) is 12.5 Å². The van der Waals surface area contributed by atoms with Crippen LogP contribution < -0.4 is 0 Å². The van der Waals surface area contributed by atoms with Crippen LogP contribution in [0.1, 0.15) is 12.8 Å². The Labute approximate surface area is 58.4 Å². The number of carbonyl (C=O) groups is 1. The molecule has 1 nitrogen and oxygen atoms in total. The molecule has 0 atom stereocenters. The number of halogens is 2. The first-order valence-electron chi connectivity index (χ1n) is 2.54. The van der Waals surface area contributed by atoms with Gasteiger partial charge in [0, 0.05) is 6.42 Å². The van der Waals surface area contributed by atoms with E-state index in [9.17, 15) is 4.79 Å². The van der Waals surface area contributed by atoms with E-state index >= 15 is 0 Å². The van der Waals surface area contributed by atoms with Crippen molar-refractivity contribution in [1.29, 1.82) is 0 Å². The van der Waals surface area contributed by atoms with Gasteiger partial charge in [-0.1, -0.05) is 0 Å². The van der Waals surface area contributed by atoms with Crippen LogP contribution in [0.5, 0.6) is 0 Å². The summed E-state index contributed by atoms with van der Waals surface area (Å²) in [4.78, 5) is 10.7. The van der Waals surface area contributed by atoms with Crippen LogP contribution in [-0.2, 0) is 4.79 Å². The summed E-state index contributed by atoms with van der Waals surface area (Å²) in [6, 6.07) is 0.759. The summed E-state index contributed by atoms with van der Waals surface area (Å²) in [6.45, 7) is -2.34. The first kappa shape index (κ1) is 6.58. The Morgan fingerprint density at radius 3 is 2.25 bits per heavy atom. The van der Waals surface area contributed by atoms with Crippen molar-refractivity contribution in [3.8, 4) is 0 Å².